The third-order valence-corrected chi connectivity index (χ3v) is 3.60. The van der Waals surface area contributed by atoms with Gasteiger partial charge in [0.2, 0.25) is 0 Å². The van der Waals surface area contributed by atoms with Crippen molar-refractivity contribution >= 4 is 17.4 Å². The Morgan fingerprint density at radius 3 is 3.11 bits per heavy atom. The third kappa shape index (κ3) is 3.56. The summed E-state index contributed by atoms with van der Waals surface area (Å²) in [6, 6.07) is 0.563. The molecule has 1 aliphatic rings. The summed E-state index contributed by atoms with van der Waals surface area (Å²) in [7, 11) is 0. The molecule has 0 amide bonds. The second-order valence-corrected chi connectivity index (χ2v) is 5.19. The van der Waals surface area contributed by atoms with Crippen molar-refractivity contribution in [3.63, 3.8) is 0 Å². The molecule has 0 aliphatic carbocycles. The predicted octanol–water partition coefficient (Wildman–Crippen LogP) is 2.49. The molecule has 1 fully saturated rings. The summed E-state index contributed by atoms with van der Waals surface area (Å²) in [6.45, 7) is 5.32. The van der Waals surface area contributed by atoms with Crippen LogP contribution in [0.4, 0.5) is 5.82 Å². The number of nitrogens with zero attached hydrogens (tertiary/aromatic N) is 3. The summed E-state index contributed by atoms with van der Waals surface area (Å²) in [4.78, 5) is 10.6. The van der Waals surface area contributed by atoms with E-state index in [0.717, 1.165) is 31.9 Å². The summed E-state index contributed by atoms with van der Waals surface area (Å²) in [5.41, 5.74) is 0. The molecule has 2 heterocycles. The molecule has 1 saturated heterocycles. The molecule has 1 atom stereocenters. The van der Waals surface area contributed by atoms with E-state index in [4.69, 9.17) is 11.6 Å². The number of anilines is 1. The number of nitrogens with one attached hydrogen (secondary N) is 1. The fraction of sp³-hybridized carbons (Fsp3) is 0.692. The first kappa shape index (κ1) is 13.6. The number of rotatable bonds is 6. The Kier molecular flexibility index (Phi) is 5.20. The molecule has 1 aliphatic heterocycles. The molecule has 1 aromatic heterocycles. The summed E-state index contributed by atoms with van der Waals surface area (Å²) in [5.74, 6) is 0.869. The van der Waals surface area contributed by atoms with Crippen LogP contribution in [0.1, 0.15) is 32.6 Å². The lowest BCUT2D eigenvalue weighted by Gasteiger charge is -2.27. The number of aromatic nitrogens is 2. The zero-order valence-electron chi connectivity index (χ0n) is 10.9. The van der Waals surface area contributed by atoms with Crippen LogP contribution < -0.4 is 10.2 Å². The maximum Gasteiger partial charge on any atom is 0.150 e. The Hall–Kier alpha value is -0.870. The SMILES string of the molecule is CCCCN(CC1CCCN1)c1ncncc1Cl. The average molecular weight is 269 g/mol. The lowest BCUT2D eigenvalue weighted by molar-refractivity contribution is 0.569. The maximum absolute atomic E-state index is 6.20. The highest BCUT2D eigenvalue weighted by Gasteiger charge is 2.20. The zero-order chi connectivity index (χ0) is 12.8. The van der Waals surface area contributed by atoms with E-state index in [1.807, 2.05) is 0 Å². The molecule has 0 bridgehead atoms. The van der Waals surface area contributed by atoms with Crippen molar-refractivity contribution in [2.75, 3.05) is 24.5 Å². The normalized spacial score (nSPS) is 19.1. The van der Waals surface area contributed by atoms with Gasteiger partial charge in [-0.2, -0.15) is 0 Å². The van der Waals surface area contributed by atoms with Gasteiger partial charge in [-0.1, -0.05) is 24.9 Å². The lowest BCUT2D eigenvalue weighted by atomic mass is 10.2. The van der Waals surface area contributed by atoms with E-state index in [2.05, 4.69) is 27.1 Å². The predicted molar refractivity (Wildman–Crippen MR) is 75.2 cm³/mol. The first-order valence-electron chi connectivity index (χ1n) is 6.75. The molecule has 0 aromatic carbocycles. The van der Waals surface area contributed by atoms with Gasteiger partial charge in [0.05, 0.1) is 6.20 Å². The van der Waals surface area contributed by atoms with Crippen LogP contribution in [0.5, 0.6) is 0 Å². The molecule has 1 aromatic rings. The van der Waals surface area contributed by atoms with Crippen molar-refractivity contribution < 1.29 is 0 Å². The van der Waals surface area contributed by atoms with Gasteiger partial charge in [0.15, 0.2) is 5.82 Å². The van der Waals surface area contributed by atoms with Crippen molar-refractivity contribution in [3.8, 4) is 0 Å². The molecule has 18 heavy (non-hydrogen) atoms. The van der Waals surface area contributed by atoms with Crippen molar-refractivity contribution in [1.82, 2.24) is 15.3 Å². The van der Waals surface area contributed by atoms with Crippen LogP contribution in [-0.4, -0.2) is 35.6 Å². The second kappa shape index (κ2) is 6.90. The zero-order valence-corrected chi connectivity index (χ0v) is 11.7. The minimum atomic E-state index is 0.563. The van der Waals surface area contributed by atoms with Gasteiger partial charge in [-0.05, 0) is 25.8 Å². The van der Waals surface area contributed by atoms with Crippen LogP contribution in [-0.2, 0) is 0 Å². The monoisotopic (exact) mass is 268 g/mol. The summed E-state index contributed by atoms with van der Waals surface area (Å²) < 4.78 is 0. The van der Waals surface area contributed by atoms with Gasteiger partial charge in [-0.15, -0.1) is 0 Å². The second-order valence-electron chi connectivity index (χ2n) is 4.79. The van der Waals surface area contributed by atoms with E-state index >= 15 is 0 Å². The van der Waals surface area contributed by atoms with Crippen molar-refractivity contribution in [1.29, 1.82) is 0 Å². The van der Waals surface area contributed by atoms with Crippen LogP contribution in [0, 0.1) is 0 Å². The van der Waals surface area contributed by atoms with Gasteiger partial charge in [-0.25, -0.2) is 9.97 Å². The Morgan fingerprint density at radius 1 is 1.56 bits per heavy atom. The van der Waals surface area contributed by atoms with Gasteiger partial charge < -0.3 is 10.2 Å². The maximum atomic E-state index is 6.20. The molecule has 2 rings (SSSR count). The lowest BCUT2D eigenvalue weighted by Crippen LogP contribution is -2.38. The molecular weight excluding hydrogens is 248 g/mol. The fourth-order valence-corrected chi connectivity index (χ4v) is 2.57. The fourth-order valence-electron chi connectivity index (χ4n) is 2.35. The number of halogens is 1. The van der Waals surface area contributed by atoms with Gasteiger partial charge in [0.1, 0.15) is 11.3 Å². The van der Waals surface area contributed by atoms with Crippen molar-refractivity contribution in [2.45, 2.75) is 38.6 Å². The van der Waals surface area contributed by atoms with E-state index in [-0.39, 0.29) is 0 Å². The molecule has 0 spiro atoms. The van der Waals surface area contributed by atoms with Crippen LogP contribution in [0.15, 0.2) is 12.5 Å². The standard InChI is InChI=1S/C13H21ClN4/c1-2-3-7-18(9-11-5-4-6-16-11)13-12(14)8-15-10-17-13/h8,10-11,16H,2-7,9H2,1H3. The molecule has 0 radical (unpaired) electrons. The minimum absolute atomic E-state index is 0.563. The van der Waals surface area contributed by atoms with Gasteiger partial charge in [-0.3, -0.25) is 0 Å². The van der Waals surface area contributed by atoms with Gasteiger partial charge >= 0.3 is 0 Å². The Balaban J connectivity index is 2.06. The Labute approximate surface area is 114 Å². The molecule has 1 unspecified atom stereocenters. The largest absolute Gasteiger partial charge is 0.354 e. The minimum Gasteiger partial charge on any atom is -0.354 e. The molecule has 4 nitrogen and oxygen atoms in total. The van der Waals surface area contributed by atoms with E-state index in [1.54, 1.807) is 12.5 Å². The van der Waals surface area contributed by atoms with Crippen LogP contribution in [0.2, 0.25) is 5.02 Å². The molecular formula is C13H21ClN4. The third-order valence-electron chi connectivity index (χ3n) is 3.33. The van der Waals surface area contributed by atoms with E-state index in [1.165, 1.54) is 19.3 Å². The molecule has 0 saturated carbocycles. The smallest absolute Gasteiger partial charge is 0.150 e. The number of hydrogen-bond acceptors (Lipinski definition) is 4. The highest BCUT2D eigenvalue weighted by atomic mass is 35.5. The topological polar surface area (TPSA) is 41.0 Å². The van der Waals surface area contributed by atoms with Crippen molar-refractivity contribution in [2.24, 2.45) is 0 Å². The molecule has 5 heteroatoms. The molecule has 1 N–H and O–H groups in total. The summed E-state index contributed by atoms with van der Waals surface area (Å²) in [6.07, 6.45) is 8.09. The van der Waals surface area contributed by atoms with Crippen LogP contribution in [0.25, 0.3) is 0 Å². The quantitative estimate of drug-likeness (QED) is 0.861. The van der Waals surface area contributed by atoms with Crippen molar-refractivity contribution in [3.05, 3.63) is 17.5 Å². The van der Waals surface area contributed by atoms with Gasteiger partial charge in [0.25, 0.3) is 0 Å². The number of hydrogen-bond donors (Lipinski definition) is 1. The Bertz CT molecular complexity index is 366. The van der Waals surface area contributed by atoms with E-state index < -0.39 is 0 Å². The van der Waals surface area contributed by atoms with E-state index in [9.17, 15) is 0 Å². The number of unbranched alkanes of at least 4 members (excludes halogenated alkanes) is 1. The van der Waals surface area contributed by atoms with Gasteiger partial charge in [0, 0.05) is 19.1 Å². The summed E-state index contributed by atoms with van der Waals surface area (Å²) in [5, 5.41) is 4.17. The van der Waals surface area contributed by atoms with Crippen LogP contribution >= 0.6 is 11.6 Å². The Morgan fingerprint density at radius 2 is 2.44 bits per heavy atom. The highest BCUT2D eigenvalue weighted by Crippen LogP contribution is 2.23. The van der Waals surface area contributed by atoms with E-state index in [0.29, 0.717) is 11.1 Å². The first-order valence-corrected chi connectivity index (χ1v) is 7.13. The molecule has 100 valence electrons. The average Bonchev–Trinajstić information content (AvgIpc) is 2.88. The van der Waals surface area contributed by atoms with Crippen LogP contribution in [0.3, 0.4) is 0 Å². The highest BCUT2D eigenvalue weighted by molar-refractivity contribution is 6.32. The first-order chi connectivity index (χ1) is 8.81. The summed E-state index contributed by atoms with van der Waals surface area (Å²) >= 11 is 6.20.